The van der Waals surface area contributed by atoms with Gasteiger partial charge >= 0.3 is 5.97 Å². The smallest absolute Gasteiger partial charge is 0.356 e. The minimum absolute atomic E-state index is 0.0872. The molecule has 80 valence electrons. The van der Waals surface area contributed by atoms with E-state index in [1.54, 1.807) is 19.1 Å². The van der Waals surface area contributed by atoms with Crippen molar-refractivity contribution in [3.8, 4) is 0 Å². The van der Waals surface area contributed by atoms with Crippen LogP contribution >= 0.6 is 0 Å². The Morgan fingerprint density at radius 3 is 2.93 bits per heavy atom. The second kappa shape index (κ2) is 5.16. The van der Waals surface area contributed by atoms with Crippen LogP contribution in [0.15, 0.2) is 22.4 Å². The first kappa shape index (κ1) is 11.3. The van der Waals surface area contributed by atoms with Crippen molar-refractivity contribution in [1.29, 1.82) is 0 Å². The van der Waals surface area contributed by atoms with E-state index in [0.29, 0.717) is 18.8 Å². The van der Waals surface area contributed by atoms with Crippen molar-refractivity contribution in [2.24, 2.45) is 16.0 Å². The Kier molecular flexibility index (Phi) is 3.87. The molecule has 0 atom stereocenters. The normalized spacial score (nSPS) is 10.8. The first-order valence-corrected chi connectivity index (χ1v) is 4.43. The number of hydrogen-bond acceptors (Lipinski definition) is 5. The van der Waals surface area contributed by atoms with Crippen molar-refractivity contribution in [2.75, 3.05) is 13.1 Å². The van der Waals surface area contributed by atoms with Gasteiger partial charge in [0.2, 0.25) is 0 Å². The molecule has 0 bridgehead atoms. The third kappa shape index (κ3) is 3.10. The molecule has 1 aromatic rings. The molecule has 0 saturated carbocycles. The molecule has 0 spiro atoms. The van der Waals surface area contributed by atoms with Gasteiger partial charge in [-0.25, -0.2) is 9.78 Å². The number of carboxylic acids is 1. The topological polar surface area (TPSA) is 101 Å². The molecule has 0 fully saturated rings. The number of aromatic carboxylic acids is 1. The molecule has 0 aliphatic carbocycles. The summed E-state index contributed by atoms with van der Waals surface area (Å²) in [6.07, 6.45) is 0. The SMILES string of the molecule is Cc1ccc(N=NCCN)c(C(=O)O)n1. The summed E-state index contributed by atoms with van der Waals surface area (Å²) in [6.45, 7) is 2.46. The van der Waals surface area contributed by atoms with Gasteiger partial charge in [-0.3, -0.25) is 0 Å². The van der Waals surface area contributed by atoms with Gasteiger partial charge in [0.1, 0.15) is 5.69 Å². The lowest BCUT2D eigenvalue weighted by Crippen LogP contribution is -2.03. The summed E-state index contributed by atoms with van der Waals surface area (Å²) in [7, 11) is 0. The highest BCUT2D eigenvalue weighted by Gasteiger charge is 2.11. The van der Waals surface area contributed by atoms with E-state index >= 15 is 0 Å². The molecule has 1 heterocycles. The lowest BCUT2D eigenvalue weighted by molar-refractivity contribution is 0.0691. The molecule has 6 heteroatoms. The van der Waals surface area contributed by atoms with Gasteiger partial charge in [-0.2, -0.15) is 10.2 Å². The lowest BCUT2D eigenvalue weighted by atomic mass is 10.2. The molecular weight excluding hydrogens is 196 g/mol. The Labute approximate surface area is 86.9 Å². The fourth-order valence-corrected chi connectivity index (χ4v) is 0.971. The first-order valence-electron chi connectivity index (χ1n) is 4.43. The molecule has 0 aromatic carbocycles. The van der Waals surface area contributed by atoms with Gasteiger partial charge in [0.05, 0.1) is 6.54 Å². The molecule has 15 heavy (non-hydrogen) atoms. The molecule has 0 aliphatic heterocycles. The Bertz CT molecular complexity index is 390. The van der Waals surface area contributed by atoms with Gasteiger partial charge in [0.25, 0.3) is 0 Å². The summed E-state index contributed by atoms with van der Waals surface area (Å²) in [5.74, 6) is -1.11. The van der Waals surface area contributed by atoms with E-state index in [4.69, 9.17) is 10.8 Å². The van der Waals surface area contributed by atoms with Crippen LogP contribution in [-0.4, -0.2) is 29.1 Å². The van der Waals surface area contributed by atoms with Crippen molar-refractivity contribution in [3.63, 3.8) is 0 Å². The summed E-state index contributed by atoms with van der Waals surface area (Å²) in [5, 5.41) is 16.3. The minimum Gasteiger partial charge on any atom is -0.476 e. The number of nitrogens with zero attached hydrogens (tertiary/aromatic N) is 3. The van der Waals surface area contributed by atoms with Crippen LogP contribution in [0.5, 0.6) is 0 Å². The number of rotatable bonds is 4. The van der Waals surface area contributed by atoms with E-state index in [1.165, 1.54) is 0 Å². The van der Waals surface area contributed by atoms with E-state index in [0.717, 1.165) is 0 Å². The zero-order valence-electron chi connectivity index (χ0n) is 8.34. The molecule has 0 amide bonds. The average Bonchev–Trinajstić information content (AvgIpc) is 2.20. The highest BCUT2D eigenvalue weighted by Crippen LogP contribution is 2.17. The van der Waals surface area contributed by atoms with E-state index in [1.807, 2.05) is 0 Å². The van der Waals surface area contributed by atoms with Crippen molar-refractivity contribution in [3.05, 3.63) is 23.5 Å². The van der Waals surface area contributed by atoms with Gasteiger partial charge in [-0.05, 0) is 19.1 Å². The van der Waals surface area contributed by atoms with Gasteiger partial charge in [0, 0.05) is 12.2 Å². The largest absolute Gasteiger partial charge is 0.476 e. The minimum atomic E-state index is -1.11. The van der Waals surface area contributed by atoms with Crippen molar-refractivity contribution in [1.82, 2.24) is 4.98 Å². The van der Waals surface area contributed by atoms with Crippen LogP contribution in [0.4, 0.5) is 5.69 Å². The fraction of sp³-hybridized carbons (Fsp3) is 0.333. The van der Waals surface area contributed by atoms with Gasteiger partial charge in [-0.15, -0.1) is 0 Å². The Morgan fingerprint density at radius 2 is 2.33 bits per heavy atom. The molecular formula is C9H12N4O2. The number of azo groups is 1. The van der Waals surface area contributed by atoms with E-state index < -0.39 is 5.97 Å². The molecule has 6 nitrogen and oxygen atoms in total. The molecule has 1 aromatic heterocycles. The number of hydrogen-bond donors (Lipinski definition) is 2. The summed E-state index contributed by atoms with van der Waals surface area (Å²) in [5.41, 5.74) is 6.02. The molecule has 0 unspecified atom stereocenters. The number of aryl methyl sites for hydroxylation is 1. The van der Waals surface area contributed by atoms with Gasteiger partial charge in [0.15, 0.2) is 5.69 Å². The zero-order valence-corrected chi connectivity index (χ0v) is 8.34. The second-order valence-electron chi connectivity index (χ2n) is 2.88. The molecule has 0 aliphatic rings. The first-order chi connectivity index (χ1) is 7.15. The highest BCUT2D eigenvalue weighted by atomic mass is 16.4. The summed E-state index contributed by atoms with van der Waals surface area (Å²) >= 11 is 0. The van der Waals surface area contributed by atoms with Crippen LogP contribution in [0.1, 0.15) is 16.2 Å². The predicted octanol–water partition coefficient (Wildman–Crippen LogP) is 1.13. The number of aromatic nitrogens is 1. The van der Waals surface area contributed by atoms with E-state index in [-0.39, 0.29) is 11.4 Å². The fourth-order valence-electron chi connectivity index (χ4n) is 0.971. The van der Waals surface area contributed by atoms with Crippen LogP contribution < -0.4 is 5.73 Å². The average molecular weight is 208 g/mol. The van der Waals surface area contributed by atoms with Crippen LogP contribution in [0.3, 0.4) is 0 Å². The van der Waals surface area contributed by atoms with E-state index in [9.17, 15) is 4.79 Å². The Balaban J connectivity index is 3.01. The number of pyridine rings is 1. The third-order valence-electron chi connectivity index (χ3n) is 1.62. The zero-order chi connectivity index (χ0) is 11.3. The van der Waals surface area contributed by atoms with Crippen molar-refractivity contribution in [2.45, 2.75) is 6.92 Å². The van der Waals surface area contributed by atoms with Gasteiger partial charge in [-0.1, -0.05) is 0 Å². The standard InChI is InChI=1S/C9H12N4O2/c1-6-2-3-7(13-11-5-4-10)8(12-6)9(14)15/h2-3H,4-5,10H2,1H3,(H,14,15). The Hall–Kier alpha value is -1.82. The monoisotopic (exact) mass is 208 g/mol. The summed E-state index contributed by atoms with van der Waals surface area (Å²) < 4.78 is 0. The molecule has 0 radical (unpaired) electrons. The highest BCUT2D eigenvalue weighted by molar-refractivity contribution is 5.90. The number of nitrogens with two attached hydrogens (primary N) is 1. The van der Waals surface area contributed by atoms with Crippen LogP contribution in [-0.2, 0) is 0 Å². The van der Waals surface area contributed by atoms with Gasteiger partial charge < -0.3 is 10.8 Å². The van der Waals surface area contributed by atoms with Crippen LogP contribution in [0.25, 0.3) is 0 Å². The predicted molar refractivity (Wildman–Crippen MR) is 54.4 cm³/mol. The number of carboxylic acid groups (broad SMARTS) is 1. The number of carbonyl (C=O) groups is 1. The summed E-state index contributed by atoms with van der Waals surface area (Å²) in [4.78, 5) is 14.7. The summed E-state index contributed by atoms with van der Waals surface area (Å²) in [6, 6.07) is 3.26. The Morgan fingerprint density at radius 1 is 1.60 bits per heavy atom. The maximum absolute atomic E-state index is 10.8. The third-order valence-corrected chi connectivity index (χ3v) is 1.62. The quantitative estimate of drug-likeness (QED) is 0.724. The molecule has 1 rings (SSSR count). The second-order valence-corrected chi connectivity index (χ2v) is 2.88. The molecule has 3 N–H and O–H groups in total. The maximum Gasteiger partial charge on any atom is 0.356 e. The van der Waals surface area contributed by atoms with Crippen molar-refractivity contribution < 1.29 is 9.90 Å². The van der Waals surface area contributed by atoms with E-state index in [2.05, 4.69) is 15.2 Å². The maximum atomic E-state index is 10.8. The van der Waals surface area contributed by atoms with Crippen LogP contribution in [0.2, 0.25) is 0 Å². The van der Waals surface area contributed by atoms with Crippen LogP contribution in [0, 0.1) is 6.92 Å². The van der Waals surface area contributed by atoms with Crippen molar-refractivity contribution >= 4 is 11.7 Å². The lowest BCUT2D eigenvalue weighted by Gasteiger charge is -1.99. The molecule has 0 saturated heterocycles.